The Hall–Kier alpha value is -2.00. The second-order valence-corrected chi connectivity index (χ2v) is 14.5. The number of carbonyl (C=O) groups excluding carboxylic acids is 1. The van der Waals surface area contributed by atoms with Crippen molar-refractivity contribution in [3.63, 3.8) is 0 Å². The first-order chi connectivity index (χ1) is 24.8. The first-order valence-electron chi connectivity index (χ1n) is 19.9. The number of rotatable bonds is 37. The molecule has 0 rings (SSSR count). The van der Waals surface area contributed by atoms with Gasteiger partial charge in [-0.2, -0.15) is 0 Å². The molecule has 0 aromatic carbocycles. The van der Waals surface area contributed by atoms with Crippen LogP contribution in [0.4, 0.5) is 0 Å². The number of phosphoric ester groups is 1. The van der Waals surface area contributed by atoms with E-state index in [9.17, 15) is 19.4 Å². The van der Waals surface area contributed by atoms with Crippen LogP contribution >= 0.6 is 7.82 Å². The Morgan fingerprint density at radius 1 is 0.706 bits per heavy atom. The van der Waals surface area contributed by atoms with Crippen molar-refractivity contribution in [1.29, 1.82) is 0 Å². The summed E-state index contributed by atoms with van der Waals surface area (Å²) in [5.74, 6) is -0.450. The lowest BCUT2D eigenvalue weighted by Crippen LogP contribution is -2.25. The molecule has 0 aliphatic heterocycles. The van der Waals surface area contributed by atoms with Gasteiger partial charge in [-0.25, -0.2) is 4.57 Å². The molecular formula is C41H74NO8P. The predicted molar refractivity (Wildman–Crippen MR) is 211 cm³/mol. The van der Waals surface area contributed by atoms with Crippen LogP contribution in [0.15, 0.2) is 60.9 Å². The lowest BCUT2D eigenvalue weighted by Gasteiger charge is -2.19. The minimum Gasteiger partial charge on any atom is -0.492 e. The van der Waals surface area contributed by atoms with Crippen LogP contribution in [0.1, 0.15) is 155 Å². The number of ether oxygens (including phenoxy) is 2. The zero-order valence-electron chi connectivity index (χ0n) is 32.2. The van der Waals surface area contributed by atoms with Gasteiger partial charge in [0.15, 0.2) is 6.10 Å². The summed E-state index contributed by atoms with van der Waals surface area (Å²) in [5.41, 5.74) is 5.34. The van der Waals surface area contributed by atoms with Gasteiger partial charge in [-0.3, -0.25) is 13.8 Å². The van der Waals surface area contributed by atoms with Crippen molar-refractivity contribution >= 4 is 13.8 Å². The van der Waals surface area contributed by atoms with Crippen molar-refractivity contribution in [3.8, 4) is 0 Å². The Balaban J connectivity index is 4.34. The highest BCUT2D eigenvalue weighted by Gasteiger charge is 2.24. The highest BCUT2D eigenvalue weighted by Crippen LogP contribution is 2.43. The van der Waals surface area contributed by atoms with Gasteiger partial charge in [0.25, 0.3) is 0 Å². The van der Waals surface area contributed by atoms with Gasteiger partial charge in [0.1, 0.15) is 6.61 Å². The Morgan fingerprint density at radius 3 is 1.94 bits per heavy atom. The predicted octanol–water partition coefficient (Wildman–Crippen LogP) is 10.7. The third-order valence-electron chi connectivity index (χ3n) is 8.13. The summed E-state index contributed by atoms with van der Waals surface area (Å²) in [5, 5.41) is 10.2. The third-order valence-corrected chi connectivity index (χ3v) is 9.12. The molecule has 0 aliphatic rings. The summed E-state index contributed by atoms with van der Waals surface area (Å²) in [7, 11) is -4.31. The van der Waals surface area contributed by atoms with Gasteiger partial charge in [-0.1, -0.05) is 146 Å². The zero-order valence-corrected chi connectivity index (χ0v) is 33.1. The number of carbonyl (C=O) groups is 1. The van der Waals surface area contributed by atoms with E-state index in [1.807, 2.05) is 24.3 Å². The largest absolute Gasteiger partial charge is 0.492 e. The summed E-state index contributed by atoms with van der Waals surface area (Å²) in [4.78, 5) is 22.2. The maximum absolute atomic E-state index is 12.4. The van der Waals surface area contributed by atoms with Crippen molar-refractivity contribution in [2.75, 3.05) is 26.4 Å². The average Bonchev–Trinajstić information content (AvgIpc) is 3.11. The smallest absolute Gasteiger partial charge is 0.472 e. The third kappa shape index (κ3) is 37.6. The second kappa shape index (κ2) is 37.7. The van der Waals surface area contributed by atoms with E-state index in [4.69, 9.17) is 24.3 Å². The molecule has 0 fully saturated rings. The van der Waals surface area contributed by atoms with Crippen LogP contribution in [-0.2, 0) is 27.9 Å². The summed E-state index contributed by atoms with van der Waals surface area (Å²) < 4.78 is 33.0. The van der Waals surface area contributed by atoms with Gasteiger partial charge in [0, 0.05) is 13.0 Å². The van der Waals surface area contributed by atoms with Crippen LogP contribution < -0.4 is 5.73 Å². The molecule has 0 aromatic rings. The molecule has 296 valence electrons. The molecule has 0 heterocycles. The van der Waals surface area contributed by atoms with Gasteiger partial charge in [-0.05, 0) is 57.4 Å². The molecule has 1 unspecified atom stereocenters. The van der Waals surface area contributed by atoms with E-state index < -0.39 is 26.0 Å². The molecule has 0 saturated heterocycles. The van der Waals surface area contributed by atoms with Crippen LogP contribution in [0.25, 0.3) is 0 Å². The fourth-order valence-electron chi connectivity index (χ4n) is 5.08. The number of nitrogens with two attached hydrogens (primary N) is 1. The van der Waals surface area contributed by atoms with E-state index in [0.29, 0.717) is 12.8 Å². The first kappa shape index (κ1) is 49.0. The quantitative estimate of drug-likeness (QED) is 0.0142. The summed E-state index contributed by atoms with van der Waals surface area (Å²) in [6.07, 6.45) is 42.2. The molecule has 0 aromatic heterocycles. The van der Waals surface area contributed by atoms with Crippen molar-refractivity contribution in [2.24, 2.45) is 5.73 Å². The van der Waals surface area contributed by atoms with Crippen LogP contribution in [-0.4, -0.2) is 54.5 Å². The van der Waals surface area contributed by atoms with Crippen LogP contribution in [0, 0.1) is 0 Å². The molecule has 0 aliphatic carbocycles. The van der Waals surface area contributed by atoms with Crippen LogP contribution in [0.3, 0.4) is 0 Å². The molecule has 4 N–H and O–H groups in total. The molecule has 0 spiro atoms. The van der Waals surface area contributed by atoms with Gasteiger partial charge in [0.2, 0.25) is 0 Å². The Kier molecular flexibility index (Phi) is 36.3. The number of aliphatic hydroxyl groups is 1. The molecule has 51 heavy (non-hydrogen) atoms. The topological polar surface area (TPSA) is 138 Å². The maximum Gasteiger partial charge on any atom is 0.472 e. The molecular weight excluding hydrogens is 665 g/mol. The first-order valence-corrected chi connectivity index (χ1v) is 21.4. The monoisotopic (exact) mass is 740 g/mol. The van der Waals surface area contributed by atoms with E-state index in [-0.39, 0.29) is 32.8 Å². The summed E-state index contributed by atoms with van der Waals surface area (Å²) in [6.45, 7) is 3.95. The lowest BCUT2D eigenvalue weighted by atomic mass is 10.0. The van der Waals surface area contributed by atoms with Gasteiger partial charge < -0.3 is 25.2 Å². The average molecular weight is 740 g/mol. The fourth-order valence-corrected chi connectivity index (χ4v) is 5.85. The van der Waals surface area contributed by atoms with E-state index >= 15 is 0 Å². The number of esters is 1. The molecule has 0 bridgehead atoms. The fraction of sp³-hybridized carbons (Fsp3) is 0.732. The van der Waals surface area contributed by atoms with Crippen LogP contribution in [0.5, 0.6) is 0 Å². The lowest BCUT2D eigenvalue weighted by molar-refractivity contribution is -0.147. The standard InChI is InChI=1S/C41H74NO8P/c1-3-5-7-9-11-13-15-17-19-21-23-25-27-29-35-47-40(38-50-51(45,46)49-36-34-42)37-48-41(44)33-30-32-39(43)31-28-26-24-22-20-18-16-14-12-10-8-6-4-2/h12,14,18,20,24,26,28-29,31,35,39-40,43H,3-11,13,15-17,19,21-23,25,27,30,32-34,36-38,42H2,1-2H3,(H,45,46)/b14-12-,20-18-,26-24-,31-28+,35-29+/t39-,40-/m1/s1. The Bertz CT molecular complexity index is 981. The molecule has 3 atom stereocenters. The highest BCUT2D eigenvalue weighted by atomic mass is 31.2. The zero-order chi connectivity index (χ0) is 37.5. The van der Waals surface area contributed by atoms with E-state index in [2.05, 4.69) is 38.2 Å². The SMILES string of the molecule is CCCCC/C=C\C/C=C\C/C=C\C=C\[C@@H](O)CCCC(=O)OC[C@H](COP(=O)(O)OCCN)O/C=C/CCCCCCCCCCCCCC. The van der Waals surface area contributed by atoms with Crippen molar-refractivity contribution in [2.45, 2.75) is 167 Å². The van der Waals surface area contributed by atoms with Crippen molar-refractivity contribution in [1.82, 2.24) is 0 Å². The van der Waals surface area contributed by atoms with E-state index in [0.717, 1.165) is 38.5 Å². The van der Waals surface area contributed by atoms with E-state index in [1.165, 1.54) is 89.7 Å². The van der Waals surface area contributed by atoms with Crippen molar-refractivity contribution in [3.05, 3.63) is 60.9 Å². The molecule has 0 radical (unpaired) electrons. The number of phosphoric acid groups is 1. The summed E-state index contributed by atoms with van der Waals surface area (Å²) >= 11 is 0. The minimum absolute atomic E-state index is 0.0731. The van der Waals surface area contributed by atoms with Gasteiger partial charge in [-0.15, -0.1) is 0 Å². The molecule has 10 heteroatoms. The van der Waals surface area contributed by atoms with Crippen molar-refractivity contribution < 1.29 is 37.9 Å². The minimum atomic E-state index is -4.31. The highest BCUT2D eigenvalue weighted by molar-refractivity contribution is 7.47. The molecule has 9 nitrogen and oxygen atoms in total. The number of hydrogen-bond donors (Lipinski definition) is 3. The number of unbranched alkanes of at least 4 members (excludes halogenated alkanes) is 15. The number of allylic oxidation sites excluding steroid dienone is 8. The van der Waals surface area contributed by atoms with Gasteiger partial charge >= 0.3 is 13.8 Å². The Morgan fingerprint density at radius 2 is 1.27 bits per heavy atom. The number of hydrogen-bond acceptors (Lipinski definition) is 8. The van der Waals surface area contributed by atoms with Gasteiger partial charge in [0.05, 0.1) is 25.6 Å². The van der Waals surface area contributed by atoms with E-state index in [1.54, 1.807) is 6.08 Å². The Labute approximate surface area is 311 Å². The summed E-state index contributed by atoms with van der Waals surface area (Å²) in [6, 6.07) is 0. The second-order valence-electron chi connectivity index (χ2n) is 13.1. The molecule has 0 amide bonds. The normalized spacial score (nSPS) is 14.8. The van der Waals surface area contributed by atoms with Crippen LogP contribution in [0.2, 0.25) is 0 Å². The molecule has 0 saturated carbocycles. The number of aliphatic hydroxyl groups excluding tert-OH is 1. The maximum atomic E-state index is 12.4.